The van der Waals surface area contributed by atoms with Gasteiger partial charge in [0.1, 0.15) is 0 Å². The van der Waals surface area contributed by atoms with E-state index in [1.54, 1.807) is 12.1 Å². The second kappa shape index (κ2) is 8.32. The van der Waals surface area contributed by atoms with Gasteiger partial charge < -0.3 is 10.6 Å². The van der Waals surface area contributed by atoms with Crippen LogP contribution in [0, 0.1) is 16.7 Å². The number of amides is 2. The molecule has 1 rings (SSSR count). The number of carbonyl (C=O) groups excluding carboxylic acids is 2. The monoisotopic (exact) mass is 344 g/mol. The van der Waals surface area contributed by atoms with Crippen LogP contribution in [0.4, 0.5) is 11.4 Å². The second-order valence-corrected chi connectivity index (χ2v) is 7.87. The molecule has 4 nitrogen and oxygen atoms in total. The van der Waals surface area contributed by atoms with Crippen molar-refractivity contribution >= 4 is 23.2 Å². The first-order chi connectivity index (χ1) is 11.5. The smallest absolute Gasteiger partial charge is 0.230 e. The lowest BCUT2D eigenvalue weighted by atomic mass is 9.79. The maximum absolute atomic E-state index is 12.6. The van der Waals surface area contributed by atoms with Gasteiger partial charge in [-0.15, -0.1) is 6.58 Å². The van der Waals surface area contributed by atoms with Crippen LogP contribution in [0.5, 0.6) is 0 Å². The summed E-state index contributed by atoms with van der Waals surface area (Å²) in [5.41, 5.74) is 0.362. The molecule has 4 heteroatoms. The van der Waals surface area contributed by atoms with Crippen LogP contribution < -0.4 is 10.6 Å². The van der Waals surface area contributed by atoms with E-state index in [4.69, 9.17) is 0 Å². The first-order valence-corrected chi connectivity index (χ1v) is 8.90. The van der Waals surface area contributed by atoms with E-state index in [0.717, 1.165) is 12.8 Å². The van der Waals surface area contributed by atoms with Gasteiger partial charge in [-0.25, -0.2) is 0 Å². The minimum Gasteiger partial charge on any atom is -0.326 e. The van der Waals surface area contributed by atoms with E-state index < -0.39 is 10.8 Å². The van der Waals surface area contributed by atoms with Crippen molar-refractivity contribution in [3.63, 3.8) is 0 Å². The van der Waals surface area contributed by atoms with Crippen LogP contribution >= 0.6 is 0 Å². The van der Waals surface area contributed by atoms with Crippen molar-refractivity contribution in [1.29, 1.82) is 0 Å². The molecule has 0 aromatic heterocycles. The SMILES string of the molecule is C=CC(C)C(C)(C)C(=O)Nc1cccc(NC(=O)C(C)(C)CCC)c1. The first-order valence-electron chi connectivity index (χ1n) is 8.90. The lowest BCUT2D eigenvalue weighted by Gasteiger charge is -2.28. The van der Waals surface area contributed by atoms with Gasteiger partial charge in [-0.1, -0.05) is 60.1 Å². The summed E-state index contributed by atoms with van der Waals surface area (Å²) in [5.74, 6) is -0.0432. The zero-order valence-electron chi connectivity index (χ0n) is 16.4. The number of allylic oxidation sites excluding steroid dienone is 1. The van der Waals surface area contributed by atoms with Crippen molar-refractivity contribution in [2.24, 2.45) is 16.7 Å². The van der Waals surface area contributed by atoms with Crippen molar-refractivity contribution in [2.75, 3.05) is 10.6 Å². The molecule has 0 aliphatic carbocycles. The Bertz CT molecular complexity index is 633. The normalized spacial score (nSPS) is 13.0. The summed E-state index contributed by atoms with van der Waals surface area (Å²) in [6, 6.07) is 7.25. The van der Waals surface area contributed by atoms with Crippen LogP contribution in [0.15, 0.2) is 36.9 Å². The lowest BCUT2D eigenvalue weighted by Crippen LogP contribution is -2.35. The molecule has 0 fully saturated rings. The van der Waals surface area contributed by atoms with Crippen LogP contribution in [0.3, 0.4) is 0 Å². The predicted molar refractivity (Wildman–Crippen MR) is 106 cm³/mol. The van der Waals surface area contributed by atoms with Gasteiger partial charge in [-0.3, -0.25) is 9.59 Å². The molecule has 0 radical (unpaired) electrons. The summed E-state index contributed by atoms with van der Waals surface area (Å²) in [5, 5.41) is 5.88. The summed E-state index contributed by atoms with van der Waals surface area (Å²) in [6.07, 6.45) is 3.56. The summed E-state index contributed by atoms with van der Waals surface area (Å²) in [7, 11) is 0. The maximum atomic E-state index is 12.6. The van der Waals surface area contributed by atoms with Gasteiger partial charge >= 0.3 is 0 Å². The van der Waals surface area contributed by atoms with Gasteiger partial charge in [-0.2, -0.15) is 0 Å². The molecule has 0 heterocycles. The fourth-order valence-corrected chi connectivity index (χ4v) is 2.51. The van der Waals surface area contributed by atoms with E-state index in [1.165, 1.54) is 0 Å². The molecule has 2 amide bonds. The molecule has 0 aliphatic rings. The van der Waals surface area contributed by atoms with E-state index >= 15 is 0 Å². The van der Waals surface area contributed by atoms with Gasteiger partial charge in [0.25, 0.3) is 0 Å². The van der Waals surface area contributed by atoms with E-state index in [9.17, 15) is 9.59 Å². The van der Waals surface area contributed by atoms with Crippen LogP contribution in [0.2, 0.25) is 0 Å². The molecule has 0 aliphatic heterocycles. The van der Waals surface area contributed by atoms with Crippen molar-refractivity contribution in [2.45, 2.75) is 54.4 Å². The van der Waals surface area contributed by atoms with Crippen molar-refractivity contribution < 1.29 is 9.59 Å². The van der Waals surface area contributed by atoms with Crippen LogP contribution in [0.25, 0.3) is 0 Å². The number of benzene rings is 1. The standard InChI is InChI=1S/C21H32N2O2/c1-8-13-20(4,5)18(24)22-16-11-10-12-17(14-16)23-19(25)21(6,7)15(3)9-2/h9-12,14-15H,2,8,13H2,1,3-7H3,(H,22,24)(H,23,25). The molecule has 2 N–H and O–H groups in total. The number of nitrogens with one attached hydrogen (secondary N) is 2. The largest absolute Gasteiger partial charge is 0.326 e. The Morgan fingerprint density at radius 3 is 2.12 bits per heavy atom. The van der Waals surface area contributed by atoms with E-state index in [2.05, 4.69) is 24.1 Å². The first kappa shape index (κ1) is 20.9. The second-order valence-electron chi connectivity index (χ2n) is 7.87. The van der Waals surface area contributed by atoms with Crippen LogP contribution in [-0.4, -0.2) is 11.8 Å². The van der Waals surface area contributed by atoms with Crippen LogP contribution in [0.1, 0.15) is 54.4 Å². The Balaban J connectivity index is 2.87. The molecule has 1 unspecified atom stereocenters. The molecule has 1 aromatic rings. The van der Waals surface area contributed by atoms with Crippen molar-refractivity contribution in [3.05, 3.63) is 36.9 Å². The molecule has 0 saturated carbocycles. The Kier molecular flexibility index (Phi) is 6.97. The molecular formula is C21H32N2O2. The molecule has 1 aromatic carbocycles. The zero-order chi connectivity index (χ0) is 19.3. The van der Waals surface area contributed by atoms with E-state index in [1.807, 2.05) is 52.8 Å². The van der Waals surface area contributed by atoms with Gasteiger partial charge in [0, 0.05) is 22.2 Å². The quantitative estimate of drug-likeness (QED) is 0.634. The summed E-state index contributed by atoms with van der Waals surface area (Å²) in [4.78, 5) is 25.0. The molecule has 25 heavy (non-hydrogen) atoms. The number of anilines is 2. The molecule has 0 saturated heterocycles. The molecule has 138 valence electrons. The van der Waals surface area contributed by atoms with Gasteiger partial charge in [0.05, 0.1) is 0 Å². The number of hydrogen-bond donors (Lipinski definition) is 2. The third-order valence-corrected chi connectivity index (χ3v) is 4.95. The molecule has 1 atom stereocenters. The minimum absolute atomic E-state index is 0.0153. The van der Waals surface area contributed by atoms with Crippen molar-refractivity contribution in [3.8, 4) is 0 Å². The molecular weight excluding hydrogens is 312 g/mol. The van der Waals surface area contributed by atoms with Gasteiger partial charge in [0.15, 0.2) is 0 Å². The summed E-state index contributed by atoms with van der Waals surface area (Å²) in [6.45, 7) is 15.5. The third kappa shape index (κ3) is 5.45. The Hall–Kier alpha value is -2.10. The Labute approximate surface area is 152 Å². The topological polar surface area (TPSA) is 58.2 Å². The number of rotatable bonds is 8. The van der Waals surface area contributed by atoms with Crippen LogP contribution in [-0.2, 0) is 9.59 Å². The highest BCUT2D eigenvalue weighted by Crippen LogP contribution is 2.30. The highest BCUT2D eigenvalue weighted by atomic mass is 16.2. The van der Waals surface area contributed by atoms with Gasteiger partial charge in [0.2, 0.25) is 11.8 Å². The fourth-order valence-electron chi connectivity index (χ4n) is 2.51. The fraction of sp³-hybridized carbons (Fsp3) is 0.524. The minimum atomic E-state index is -0.565. The third-order valence-electron chi connectivity index (χ3n) is 4.95. The molecule has 0 spiro atoms. The highest BCUT2D eigenvalue weighted by molar-refractivity contribution is 5.97. The molecule has 0 bridgehead atoms. The lowest BCUT2D eigenvalue weighted by molar-refractivity contribution is -0.125. The van der Waals surface area contributed by atoms with Crippen molar-refractivity contribution in [1.82, 2.24) is 0 Å². The predicted octanol–water partition coefficient (Wildman–Crippen LogP) is 5.24. The number of carbonyl (C=O) groups is 2. The Morgan fingerprint density at radius 2 is 1.64 bits per heavy atom. The van der Waals surface area contributed by atoms with Gasteiger partial charge in [-0.05, 0) is 30.5 Å². The van der Waals surface area contributed by atoms with E-state index in [-0.39, 0.29) is 17.7 Å². The Morgan fingerprint density at radius 1 is 1.12 bits per heavy atom. The maximum Gasteiger partial charge on any atom is 0.230 e. The summed E-state index contributed by atoms with van der Waals surface area (Å²) >= 11 is 0. The zero-order valence-corrected chi connectivity index (χ0v) is 16.4. The number of hydrogen-bond acceptors (Lipinski definition) is 2. The average molecular weight is 344 g/mol. The summed E-state index contributed by atoms with van der Waals surface area (Å²) < 4.78 is 0. The average Bonchev–Trinajstić information content (AvgIpc) is 2.54. The van der Waals surface area contributed by atoms with E-state index in [0.29, 0.717) is 11.4 Å². The highest BCUT2D eigenvalue weighted by Gasteiger charge is 2.32.